The largest absolute Gasteiger partial charge is 0.368 e. The first-order valence-corrected chi connectivity index (χ1v) is 6.67. The smallest absolute Gasteiger partial charge is 0.237 e. The van der Waals surface area contributed by atoms with Gasteiger partial charge in [-0.3, -0.25) is 9.48 Å². The molecule has 1 rings (SSSR count). The van der Waals surface area contributed by atoms with Crippen LogP contribution < -0.4 is 11.1 Å². The van der Waals surface area contributed by atoms with Crippen LogP contribution in [0.1, 0.15) is 27.2 Å². The Hall–Kier alpha value is -0.630. The van der Waals surface area contributed by atoms with Gasteiger partial charge in [-0.15, -0.1) is 0 Å². The van der Waals surface area contributed by atoms with Crippen LogP contribution in [-0.4, -0.2) is 27.3 Å². The number of carbonyl (C=O) groups excluding carboxylic acids is 1. The van der Waals surface area contributed by atoms with Gasteiger partial charge in [-0.25, -0.2) is 0 Å². The molecular formula is C11H19IN4O. The SMILES string of the molecule is CC(C)NC(C)(CCn1cc(I)cn1)C(N)=O. The molecule has 0 fully saturated rings. The Morgan fingerprint density at radius 3 is 2.76 bits per heavy atom. The van der Waals surface area contributed by atoms with Crippen molar-refractivity contribution in [2.45, 2.75) is 45.3 Å². The molecule has 1 aromatic rings. The minimum atomic E-state index is -0.689. The number of carbonyl (C=O) groups is 1. The Morgan fingerprint density at radius 1 is 1.71 bits per heavy atom. The van der Waals surface area contributed by atoms with Crippen LogP contribution in [0.4, 0.5) is 0 Å². The number of nitrogens with zero attached hydrogens (tertiary/aromatic N) is 2. The number of aryl methyl sites for hydroxylation is 1. The lowest BCUT2D eigenvalue weighted by atomic mass is 9.96. The number of aromatic nitrogens is 2. The second-order valence-electron chi connectivity index (χ2n) is 4.67. The summed E-state index contributed by atoms with van der Waals surface area (Å²) >= 11 is 2.20. The van der Waals surface area contributed by atoms with Crippen LogP contribution in [0, 0.1) is 3.57 Å². The molecule has 0 saturated carbocycles. The van der Waals surface area contributed by atoms with Gasteiger partial charge in [-0.1, -0.05) is 0 Å². The fourth-order valence-electron chi connectivity index (χ4n) is 1.70. The van der Waals surface area contributed by atoms with E-state index in [0.717, 1.165) is 3.57 Å². The number of primary amides is 1. The maximum atomic E-state index is 11.5. The third kappa shape index (κ3) is 4.27. The van der Waals surface area contributed by atoms with Crippen molar-refractivity contribution in [3.63, 3.8) is 0 Å². The highest BCUT2D eigenvalue weighted by Gasteiger charge is 2.31. The van der Waals surface area contributed by atoms with Crippen LogP contribution in [0.3, 0.4) is 0 Å². The second kappa shape index (κ2) is 5.81. The van der Waals surface area contributed by atoms with Crippen molar-refractivity contribution < 1.29 is 4.79 Å². The van der Waals surface area contributed by atoms with Gasteiger partial charge in [0.1, 0.15) is 0 Å². The van der Waals surface area contributed by atoms with Crippen molar-refractivity contribution >= 4 is 28.5 Å². The first-order chi connectivity index (χ1) is 7.83. The van der Waals surface area contributed by atoms with Gasteiger partial charge in [-0.2, -0.15) is 5.10 Å². The highest BCUT2D eigenvalue weighted by molar-refractivity contribution is 14.1. The van der Waals surface area contributed by atoms with Gasteiger partial charge in [0.25, 0.3) is 0 Å². The zero-order valence-electron chi connectivity index (χ0n) is 10.4. The predicted octanol–water partition coefficient (Wildman–Crippen LogP) is 1.12. The van der Waals surface area contributed by atoms with E-state index in [1.807, 2.05) is 31.6 Å². The molecule has 0 radical (unpaired) electrons. The second-order valence-corrected chi connectivity index (χ2v) is 5.91. The molecule has 5 nitrogen and oxygen atoms in total. The van der Waals surface area contributed by atoms with Gasteiger partial charge < -0.3 is 11.1 Å². The van der Waals surface area contributed by atoms with E-state index in [-0.39, 0.29) is 11.9 Å². The standard InChI is InChI=1S/C11H19IN4O/c1-8(2)15-11(3,10(13)17)4-5-16-7-9(12)6-14-16/h6-8,15H,4-5H2,1-3H3,(H2,13,17). The van der Waals surface area contributed by atoms with Crippen LogP contribution in [0.5, 0.6) is 0 Å². The lowest BCUT2D eigenvalue weighted by Crippen LogP contribution is -2.55. The van der Waals surface area contributed by atoms with E-state index in [0.29, 0.717) is 13.0 Å². The lowest BCUT2D eigenvalue weighted by molar-refractivity contribution is -0.124. The van der Waals surface area contributed by atoms with Gasteiger partial charge in [0.2, 0.25) is 5.91 Å². The maximum absolute atomic E-state index is 11.5. The summed E-state index contributed by atoms with van der Waals surface area (Å²) in [6, 6.07) is 0.213. The Morgan fingerprint density at radius 2 is 2.35 bits per heavy atom. The van der Waals surface area contributed by atoms with E-state index in [9.17, 15) is 4.79 Å². The molecule has 0 bridgehead atoms. The number of nitrogens with one attached hydrogen (secondary N) is 1. The normalized spacial score (nSPS) is 14.9. The van der Waals surface area contributed by atoms with E-state index in [1.165, 1.54) is 0 Å². The van der Waals surface area contributed by atoms with Crippen LogP contribution in [0.15, 0.2) is 12.4 Å². The van der Waals surface area contributed by atoms with E-state index >= 15 is 0 Å². The Bertz CT molecular complexity index is 391. The fourth-order valence-corrected chi connectivity index (χ4v) is 2.15. The molecule has 1 amide bonds. The van der Waals surface area contributed by atoms with Gasteiger partial charge in [0.05, 0.1) is 15.3 Å². The molecule has 0 spiro atoms. The van der Waals surface area contributed by atoms with Crippen molar-refractivity contribution in [3.8, 4) is 0 Å². The maximum Gasteiger partial charge on any atom is 0.237 e. The van der Waals surface area contributed by atoms with Gasteiger partial charge in [0.15, 0.2) is 0 Å². The highest BCUT2D eigenvalue weighted by atomic mass is 127. The predicted molar refractivity (Wildman–Crippen MR) is 75.4 cm³/mol. The molecule has 0 aliphatic carbocycles. The quantitative estimate of drug-likeness (QED) is 0.756. The third-order valence-electron chi connectivity index (χ3n) is 2.59. The van der Waals surface area contributed by atoms with Gasteiger partial charge in [0, 0.05) is 18.8 Å². The number of amides is 1. The monoisotopic (exact) mass is 350 g/mol. The molecule has 0 aliphatic heterocycles. The summed E-state index contributed by atoms with van der Waals surface area (Å²) in [5.74, 6) is -0.326. The van der Waals surface area contributed by atoms with Gasteiger partial charge >= 0.3 is 0 Å². The lowest BCUT2D eigenvalue weighted by Gasteiger charge is -2.29. The van der Waals surface area contributed by atoms with Crippen molar-refractivity contribution in [1.29, 1.82) is 0 Å². The molecule has 0 saturated heterocycles. The van der Waals surface area contributed by atoms with Crippen molar-refractivity contribution in [2.75, 3.05) is 0 Å². The molecule has 1 atom stereocenters. The molecule has 96 valence electrons. The number of halogens is 1. The topological polar surface area (TPSA) is 72.9 Å². The van der Waals surface area contributed by atoms with E-state index in [2.05, 4.69) is 33.0 Å². The van der Waals surface area contributed by atoms with Crippen LogP contribution >= 0.6 is 22.6 Å². The Kier molecular flexibility index (Phi) is 4.93. The molecular weight excluding hydrogens is 331 g/mol. The van der Waals surface area contributed by atoms with Crippen LogP contribution in [0.2, 0.25) is 0 Å². The average Bonchev–Trinajstić information content (AvgIpc) is 2.60. The Balaban J connectivity index is 2.64. The zero-order chi connectivity index (χ0) is 13.1. The minimum absolute atomic E-state index is 0.213. The number of nitrogens with two attached hydrogens (primary N) is 1. The highest BCUT2D eigenvalue weighted by Crippen LogP contribution is 2.12. The summed E-state index contributed by atoms with van der Waals surface area (Å²) in [6.45, 7) is 6.50. The zero-order valence-corrected chi connectivity index (χ0v) is 12.6. The molecule has 1 unspecified atom stereocenters. The van der Waals surface area contributed by atoms with Gasteiger partial charge in [-0.05, 0) is 49.8 Å². The molecule has 0 aliphatic rings. The average molecular weight is 350 g/mol. The molecule has 6 heteroatoms. The van der Waals surface area contributed by atoms with Crippen molar-refractivity contribution in [3.05, 3.63) is 16.0 Å². The summed E-state index contributed by atoms with van der Waals surface area (Å²) in [5.41, 5.74) is 4.77. The summed E-state index contributed by atoms with van der Waals surface area (Å²) < 4.78 is 2.91. The molecule has 1 heterocycles. The van der Waals surface area contributed by atoms with Crippen molar-refractivity contribution in [1.82, 2.24) is 15.1 Å². The first-order valence-electron chi connectivity index (χ1n) is 5.59. The number of hydrogen-bond acceptors (Lipinski definition) is 3. The van der Waals surface area contributed by atoms with E-state index in [1.54, 1.807) is 6.20 Å². The van der Waals surface area contributed by atoms with E-state index in [4.69, 9.17) is 5.73 Å². The summed E-state index contributed by atoms with van der Waals surface area (Å²) in [5, 5.41) is 7.40. The molecule has 0 aromatic carbocycles. The molecule has 17 heavy (non-hydrogen) atoms. The van der Waals surface area contributed by atoms with Crippen LogP contribution in [-0.2, 0) is 11.3 Å². The minimum Gasteiger partial charge on any atom is -0.368 e. The fraction of sp³-hybridized carbons (Fsp3) is 0.636. The third-order valence-corrected chi connectivity index (χ3v) is 3.15. The number of hydrogen-bond donors (Lipinski definition) is 2. The van der Waals surface area contributed by atoms with Crippen molar-refractivity contribution in [2.24, 2.45) is 5.73 Å². The molecule has 3 N–H and O–H groups in total. The summed E-state index contributed by atoms with van der Waals surface area (Å²) in [4.78, 5) is 11.5. The summed E-state index contributed by atoms with van der Waals surface area (Å²) in [7, 11) is 0. The van der Waals surface area contributed by atoms with Crippen LogP contribution in [0.25, 0.3) is 0 Å². The number of rotatable bonds is 6. The summed E-state index contributed by atoms with van der Waals surface area (Å²) in [6.07, 6.45) is 4.35. The Labute approximate surface area is 115 Å². The molecule has 1 aromatic heterocycles. The first kappa shape index (κ1) is 14.4. The van der Waals surface area contributed by atoms with E-state index < -0.39 is 5.54 Å².